The lowest BCUT2D eigenvalue weighted by molar-refractivity contribution is -0.0525. The van der Waals surface area contributed by atoms with Gasteiger partial charge in [0.05, 0.1) is 12.7 Å². The Bertz CT molecular complexity index is 667. The van der Waals surface area contributed by atoms with Gasteiger partial charge < -0.3 is 9.84 Å². The zero-order valence-corrected chi connectivity index (χ0v) is 13.0. The molecule has 112 valence electrons. The Kier molecular flexibility index (Phi) is 3.97. The standard InChI is InChI=1S/C16H19NO3S/c1-10-9-20-11(2)7-17(10)8-13-12-5-3-4-6-14(12)21-15(13)16(18)19/h3-6,10-11H,7-9H2,1-2H3,(H,18,19). The van der Waals surface area contributed by atoms with Crippen molar-refractivity contribution >= 4 is 27.4 Å². The zero-order valence-electron chi connectivity index (χ0n) is 12.2. The molecule has 5 heteroatoms. The van der Waals surface area contributed by atoms with Crippen LogP contribution in [-0.4, -0.2) is 41.3 Å². The molecule has 0 bridgehead atoms. The van der Waals surface area contributed by atoms with Gasteiger partial charge in [-0.05, 0) is 30.9 Å². The van der Waals surface area contributed by atoms with Crippen LogP contribution in [0.3, 0.4) is 0 Å². The minimum atomic E-state index is -0.833. The number of carboxylic acid groups (broad SMARTS) is 1. The maximum atomic E-state index is 11.5. The number of hydrogen-bond acceptors (Lipinski definition) is 4. The molecule has 2 unspecified atom stereocenters. The molecule has 21 heavy (non-hydrogen) atoms. The monoisotopic (exact) mass is 305 g/mol. The van der Waals surface area contributed by atoms with E-state index in [4.69, 9.17) is 4.74 Å². The van der Waals surface area contributed by atoms with Gasteiger partial charge in [-0.3, -0.25) is 4.90 Å². The van der Waals surface area contributed by atoms with Crippen molar-refractivity contribution < 1.29 is 14.6 Å². The van der Waals surface area contributed by atoms with Crippen molar-refractivity contribution in [3.8, 4) is 0 Å². The summed E-state index contributed by atoms with van der Waals surface area (Å²) in [6.07, 6.45) is 0.194. The molecular formula is C16H19NO3S. The topological polar surface area (TPSA) is 49.8 Å². The van der Waals surface area contributed by atoms with Crippen molar-refractivity contribution in [1.82, 2.24) is 4.90 Å². The lowest BCUT2D eigenvalue weighted by atomic mass is 10.1. The number of fused-ring (bicyclic) bond motifs is 1. The first-order valence-electron chi connectivity index (χ1n) is 7.15. The van der Waals surface area contributed by atoms with Gasteiger partial charge in [-0.2, -0.15) is 0 Å². The molecule has 1 fully saturated rings. The molecule has 2 atom stereocenters. The van der Waals surface area contributed by atoms with E-state index in [1.807, 2.05) is 24.3 Å². The molecule has 0 aliphatic carbocycles. The van der Waals surface area contributed by atoms with E-state index in [2.05, 4.69) is 18.7 Å². The third-order valence-electron chi connectivity index (χ3n) is 3.99. The predicted octanol–water partition coefficient (Wildman–Crippen LogP) is 3.21. The van der Waals surface area contributed by atoms with E-state index in [-0.39, 0.29) is 6.10 Å². The van der Waals surface area contributed by atoms with E-state index in [0.29, 0.717) is 24.1 Å². The smallest absolute Gasteiger partial charge is 0.346 e. The van der Waals surface area contributed by atoms with E-state index in [0.717, 1.165) is 22.2 Å². The number of aromatic carboxylic acids is 1. The first-order chi connectivity index (χ1) is 10.1. The molecule has 1 aromatic carbocycles. The summed E-state index contributed by atoms with van der Waals surface area (Å²) in [5.74, 6) is -0.833. The van der Waals surface area contributed by atoms with Gasteiger partial charge >= 0.3 is 5.97 Å². The van der Waals surface area contributed by atoms with Crippen molar-refractivity contribution in [2.24, 2.45) is 0 Å². The molecule has 0 spiro atoms. The van der Waals surface area contributed by atoms with Crippen LogP contribution in [0, 0.1) is 0 Å². The Hall–Kier alpha value is -1.43. The van der Waals surface area contributed by atoms with Crippen LogP contribution in [0.2, 0.25) is 0 Å². The minimum Gasteiger partial charge on any atom is -0.477 e. The van der Waals surface area contributed by atoms with E-state index >= 15 is 0 Å². The fraction of sp³-hybridized carbons (Fsp3) is 0.438. The molecule has 1 aromatic heterocycles. The second-order valence-corrected chi connectivity index (χ2v) is 6.69. The van der Waals surface area contributed by atoms with Gasteiger partial charge in [0.2, 0.25) is 0 Å². The highest BCUT2D eigenvalue weighted by atomic mass is 32.1. The summed E-state index contributed by atoms with van der Waals surface area (Å²) in [6.45, 7) is 6.39. The van der Waals surface area contributed by atoms with Gasteiger partial charge in [-0.15, -0.1) is 11.3 Å². The average Bonchev–Trinajstić information content (AvgIpc) is 2.82. The summed E-state index contributed by atoms with van der Waals surface area (Å²) >= 11 is 1.37. The number of rotatable bonds is 3. The fourth-order valence-corrected chi connectivity index (χ4v) is 3.88. The molecule has 4 nitrogen and oxygen atoms in total. The summed E-state index contributed by atoms with van der Waals surface area (Å²) in [5, 5.41) is 10.5. The molecule has 2 aromatic rings. The number of benzene rings is 1. The van der Waals surface area contributed by atoms with Gasteiger partial charge in [0, 0.05) is 23.8 Å². The summed E-state index contributed by atoms with van der Waals surface area (Å²) in [7, 11) is 0. The number of ether oxygens (including phenoxy) is 1. The second kappa shape index (κ2) is 5.75. The minimum absolute atomic E-state index is 0.194. The van der Waals surface area contributed by atoms with Gasteiger partial charge in [-0.1, -0.05) is 18.2 Å². The third-order valence-corrected chi connectivity index (χ3v) is 5.19. The molecule has 1 aliphatic heterocycles. The van der Waals surface area contributed by atoms with Crippen LogP contribution in [0.15, 0.2) is 24.3 Å². The number of morpholine rings is 1. The predicted molar refractivity (Wildman–Crippen MR) is 84.1 cm³/mol. The van der Waals surface area contributed by atoms with Crippen LogP contribution in [0.5, 0.6) is 0 Å². The Labute approximate surface area is 127 Å². The summed E-state index contributed by atoms with van der Waals surface area (Å²) in [6, 6.07) is 8.23. The van der Waals surface area contributed by atoms with Gasteiger partial charge in [0.25, 0.3) is 0 Å². The van der Waals surface area contributed by atoms with Crippen LogP contribution in [0.4, 0.5) is 0 Å². The van der Waals surface area contributed by atoms with Crippen molar-refractivity contribution in [1.29, 1.82) is 0 Å². The molecular weight excluding hydrogens is 286 g/mol. The Balaban J connectivity index is 1.98. The molecule has 3 rings (SSSR count). The zero-order chi connectivity index (χ0) is 15.0. The first-order valence-corrected chi connectivity index (χ1v) is 7.97. The Morgan fingerprint density at radius 3 is 2.95 bits per heavy atom. The maximum absolute atomic E-state index is 11.5. The Morgan fingerprint density at radius 1 is 1.43 bits per heavy atom. The number of carboxylic acids is 1. The quantitative estimate of drug-likeness (QED) is 0.946. The van der Waals surface area contributed by atoms with Crippen LogP contribution < -0.4 is 0 Å². The van der Waals surface area contributed by atoms with Crippen molar-refractivity contribution in [2.75, 3.05) is 13.2 Å². The molecule has 0 amide bonds. The highest BCUT2D eigenvalue weighted by Crippen LogP contribution is 2.33. The molecule has 2 heterocycles. The summed E-state index contributed by atoms with van der Waals surface area (Å²) < 4.78 is 6.69. The first kappa shape index (κ1) is 14.5. The average molecular weight is 305 g/mol. The number of thiophene rings is 1. The molecule has 0 saturated carbocycles. The van der Waals surface area contributed by atoms with Gasteiger partial charge in [0.15, 0.2) is 0 Å². The van der Waals surface area contributed by atoms with Gasteiger partial charge in [0.1, 0.15) is 4.88 Å². The van der Waals surface area contributed by atoms with Crippen LogP contribution in [0.1, 0.15) is 29.1 Å². The van der Waals surface area contributed by atoms with Crippen LogP contribution >= 0.6 is 11.3 Å². The fourth-order valence-electron chi connectivity index (χ4n) is 2.82. The normalized spacial score (nSPS) is 23.5. The van der Waals surface area contributed by atoms with Gasteiger partial charge in [-0.25, -0.2) is 4.79 Å². The maximum Gasteiger partial charge on any atom is 0.346 e. The molecule has 1 aliphatic rings. The summed E-state index contributed by atoms with van der Waals surface area (Å²) in [4.78, 5) is 14.3. The second-order valence-electron chi connectivity index (χ2n) is 5.63. The van der Waals surface area contributed by atoms with E-state index in [1.54, 1.807) is 0 Å². The summed E-state index contributed by atoms with van der Waals surface area (Å²) in [5.41, 5.74) is 0.934. The highest BCUT2D eigenvalue weighted by molar-refractivity contribution is 7.21. The van der Waals surface area contributed by atoms with Crippen LogP contribution in [0.25, 0.3) is 10.1 Å². The number of carbonyl (C=O) groups is 1. The Morgan fingerprint density at radius 2 is 2.19 bits per heavy atom. The van der Waals surface area contributed by atoms with E-state index in [9.17, 15) is 9.90 Å². The van der Waals surface area contributed by atoms with Crippen molar-refractivity contribution in [2.45, 2.75) is 32.5 Å². The van der Waals surface area contributed by atoms with E-state index < -0.39 is 5.97 Å². The number of nitrogens with zero attached hydrogens (tertiary/aromatic N) is 1. The molecule has 0 radical (unpaired) electrons. The van der Waals surface area contributed by atoms with Crippen molar-refractivity contribution in [3.63, 3.8) is 0 Å². The van der Waals surface area contributed by atoms with Crippen LogP contribution in [-0.2, 0) is 11.3 Å². The van der Waals surface area contributed by atoms with E-state index in [1.165, 1.54) is 11.3 Å². The largest absolute Gasteiger partial charge is 0.477 e. The SMILES string of the molecule is CC1CN(Cc2c(C(=O)O)sc3ccccc23)C(C)CO1. The number of hydrogen-bond donors (Lipinski definition) is 1. The third kappa shape index (κ3) is 2.81. The molecule has 1 saturated heterocycles. The highest BCUT2D eigenvalue weighted by Gasteiger charge is 2.26. The lowest BCUT2D eigenvalue weighted by Crippen LogP contribution is -2.46. The van der Waals surface area contributed by atoms with Crippen molar-refractivity contribution in [3.05, 3.63) is 34.7 Å². The lowest BCUT2D eigenvalue weighted by Gasteiger charge is -2.36. The molecule has 1 N–H and O–H groups in total.